The number of rotatable bonds is 6. The van der Waals surface area contributed by atoms with Crippen molar-refractivity contribution in [2.45, 2.75) is 64.1 Å². The van der Waals surface area contributed by atoms with Crippen molar-refractivity contribution in [3.8, 4) is 11.5 Å². The van der Waals surface area contributed by atoms with Crippen molar-refractivity contribution in [3.63, 3.8) is 0 Å². The Bertz CT molecular complexity index is 943. The summed E-state index contributed by atoms with van der Waals surface area (Å²) >= 11 is 0. The Hall–Kier alpha value is -2.18. The zero-order valence-corrected chi connectivity index (χ0v) is 22.1. The Kier molecular flexibility index (Phi) is 7.46. The molecule has 1 aliphatic rings. The van der Waals surface area contributed by atoms with Gasteiger partial charge in [0.25, 0.3) is 8.32 Å². The second-order valence-electron chi connectivity index (χ2n) is 10.4. The second-order valence-corrected chi connectivity index (χ2v) is 19.4. The average Bonchev–Trinajstić information content (AvgIpc) is 3.22. The summed E-state index contributed by atoms with van der Waals surface area (Å²) in [5.74, 6) is 3.20. The van der Waals surface area contributed by atoms with E-state index in [0.717, 1.165) is 5.71 Å². The predicted octanol–water partition coefficient (Wildman–Crippen LogP) is 3.95. The van der Waals surface area contributed by atoms with Crippen molar-refractivity contribution in [3.05, 3.63) is 60.7 Å². The fourth-order valence-corrected chi connectivity index (χ4v) is 9.29. The Balaban J connectivity index is 1.99. The summed E-state index contributed by atoms with van der Waals surface area (Å²) in [4.78, 5) is 5.75. The maximum Gasteiger partial charge on any atom is 0.261 e. The molecule has 1 heterocycles. The third-order valence-corrected chi connectivity index (χ3v) is 11.6. The first kappa shape index (κ1) is 24.5. The van der Waals surface area contributed by atoms with Gasteiger partial charge in [-0.15, -0.1) is 5.54 Å². The number of aliphatic hydroxyl groups excluding tert-OH is 1. The predicted molar refractivity (Wildman–Crippen MR) is 138 cm³/mol. The molecule has 0 saturated carbocycles. The SMILES string of the molecule is CC(C)(C)[Si](O[C@@H](CO)[C@@H]1CC(C#C[Si](C)(C)C)=NO1)(c1ccccc1)c1ccccc1. The van der Waals surface area contributed by atoms with E-state index in [9.17, 15) is 5.11 Å². The van der Waals surface area contributed by atoms with Gasteiger partial charge in [-0.25, -0.2) is 0 Å². The molecule has 1 aliphatic heterocycles. The molecule has 2 aromatic carbocycles. The molecule has 2 atom stereocenters. The van der Waals surface area contributed by atoms with Gasteiger partial charge in [-0.05, 0) is 15.4 Å². The fraction of sp³-hybridized carbons (Fsp3) is 0.423. The molecule has 2 aromatic rings. The van der Waals surface area contributed by atoms with Gasteiger partial charge >= 0.3 is 0 Å². The van der Waals surface area contributed by atoms with E-state index in [1.807, 2.05) is 12.1 Å². The van der Waals surface area contributed by atoms with Crippen LogP contribution in [0.3, 0.4) is 0 Å². The van der Waals surface area contributed by atoms with Gasteiger partial charge in [0.1, 0.15) is 19.9 Å². The van der Waals surface area contributed by atoms with Gasteiger partial charge in [-0.3, -0.25) is 0 Å². The minimum atomic E-state index is -2.79. The summed E-state index contributed by atoms with van der Waals surface area (Å²) in [5, 5.41) is 16.8. The lowest BCUT2D eigenvalue weighted by molar-refractivity contribution is -0.0323. The molecule has 0 bridgehead atoms. The first-order chi connectivity index (χ1) is 15.1. The van der Waals surface area contributed by atoms with Crippen LogP contribution < -0.4 is 10.4 Å². The number of hydrogen-bond donors (Lipinski definition) is 1. The van der Waals surface area contributed by atoms with E-state index in [1.165, 1.54) is 10.4 Å². The van der Waals surface area contributed by atoms with Crippen LogP contribution in [0.5, 0.6) is 0 Å². The van der Waals surface area contributed by atoms with Gasteiger partial charge in [0, 0.05) is 6.42 Å². The normalized spacial score (nSPS) is 17.7. The zero-order valence-electron chi connectivity index (χ0n) is 20.1. The van der Waals surface area contributed by atoms with Crippen LogP contribution in [-0.4, -0.2) is 46.0 Å². The van der Waals surface area contributed by atoms with Crippen LogP contribution in [0.25, 0.3) is 0 Å². The Morgan fingerprint density at radius 3 is 2.00 bits per heavy atom. The molecule has 0 fully saturated rings. The van der Waals surface area contributed by atoms with E-state index in [0.29, 0.717) is 6.42 Å². The molecule has 4 nitrogen and oxygen atoms in total. The Labute approximate surface area is 194 Å². The summed E-state index contributed by atoms with van der Waals surface area (Å²) < 4.78 is 7.05. The standard InChI is InChI=1S/C26H35NO3Si2/c1-26(2,3)32(22-13-9-7-10-14-22,23-15-11-8-12-16-23)30-25(20-28)24-19-21(27-29-24)17-18-31(4,5)6/h7-16,24-25,28H,19-20H2,1-6H3/t24-,25-/m0/s1. The topological polar surface area (TPSA) is 51.0 Å². The third-order valence-electron chi connectivity index (χ3n) is 5.61. The Morgan fingerprint density at radius 2 is 1.56 bits per heavy atom. The van der Waals surface area contributed by atoms with E-state index in [-0.39, 0.29) is 17.7 Å². The molecule has 0 aliphatic carbocycles. The molecule has 6 heteroatoms. The molecule has 32 heavy (non-hydrogen) atoms. The number of oxime groups is 1. The van der Waals surface area contributed by atoms with Gasteiger partial charge in [0.05, 0.1) is 6.61 Å². The van der Waals surface area contributed by atoms with Crippen molar-refractivity contribution in [2.24, 2.45) is 5.16 Å². The fourth-order valence-electron chi connectivity index (χ4n) is 4.08. The molecule has 0 spiro atoms. The number of nitrogens with zero attached hydrogens (tertiary/aromatic N) is 1. The minimum Gasteiger partial charge on any atom is -0.398 e. The van der Waals surface area contributed by atoms with Crippen LogP contribution in [0.15, 0.2) is 65.8 Å². The van der Waals surface area contributed by atoms with Gasteiger partial charge in [-0.2, -0.15) is 0 Å². The monoisotopic (exact) mass is 465 g/mol. The molecular weight excluding hydrogens is 430 g/mol. The first-order valence-electron chi connectivity index (χ1n) is 11.2. The van der Waals surface area contributed by atoms with Crippen LogP contribution in [0.4, 0.5) is 0 Å². The van der Waals surface area contributed by atoms with E-state index >= 15 is 0 Å². The minimum absolute atomic E-state index is 0.139. The molecule has 0 amide bonds. The summed E-state index contributed by atoms with van der Waals surface area (Å²) in [7, 11) is -4.30. The molecule has 0 saturated heterocycles. The van der Waals surface area contributed by atoms with E-state index in [1.54, 1.807) is 0 Å². The van der Waals surface area contributed by atoms with Crippen molar-refractivity contribution in [1.82, 2.24) is 0 Å². The van der Waals surface area contributed by atoms with Crippen molar-refractivity contribution in [2.75, 3.05) is 6.61 Å². The van der Waals surface area contributed by atoms with Gasteiger partial charge in [-0.1, -0.05) is 112 Å². The van der Waals surface area contributed by atoms with E-state index < -0.39 is 22.5 Å². The van der Waals surface area contributed by atoms with Gasteiger partial charge in [0.15, 0.2) is 6.10 Å². The van der Waals surface area contributed by atoms with Crippen LogP contribution in [-0.2, 0) is 9.26 Å². The highest BCUT2D eigenvalue weighted by molar-refractivity contribution is 6.99. The lowest BCUT2D eigenvalue weighted by atomic mass is 10.1. The largest absolute Gasteiger partial charge is 0.398 e. The molecule has 1 N–H and O–H groups in total. The van der Waals surface area contributed by atoms with Gasteiger partial charge < -0.3 is 14.4 Å². The van der Waals surface area contributed by atoms with Gasteiger partial charge in [0.2, 0.25) is 0 Å². The van der Waals surface area contributed by atoms with E-state index in [2.05, 4.69) is 106 Å². The highest BCUT2D eigenvalue weighted by Crippen LogP contribution is 2.38. The highest BCUT2D eigenvalue weighted by atomic mass is 28.4. The number of hydrogen-bond acceptors (Lipinski definition) is 4. The summed E-state index contributed by atoms with van der Waals surface area (Å²) in [5.41, 5.74) is 4.09. The Morgan fingerprint density at radius 1 is 1.03 bits per heavy atom. The average molecular weight is 466 g/mol. The van der Waals surface area contributed by atoms with Crippen LogP contribution >= 0.6 is 0 Å². The number of aliphatic hydroxyl groups is 1. The molecule has 0 unspecified atom stereocenters. The molecule has 170 valence electrons. The first-order valence-corrected chi connectivity index (χ1v) is 16.6. The quantitative estimate of drug-likeness (QED) is 0.519. The van der Waals surface area contributed by atoms with Crippen LogP contribution in [0.2, 0.25) is 24.7 Å². The van der Waals surface area contributed by atoms with Crippen LogP contribution in [0.1, 0.15) is 27.2 Å². The highest BCUT2D eigenvalue weighted by Gasteiger charge is 2.52. The summed E-state index contributed by atoms with van der Waals surface area (Å²) in [6, 6.07) is 20.9. The third kappa shape index (κ3) is 5.41. The number of benzene rings is 2. The van der Waals surface area contributed by atoms with Crippen LogP contribution in [0, 0.1) is 11.5 Å². The summed E-state index contributed by atoms with van der Waals surface area (Å²) in [6.07, 6.45) is -0.301. The maximum absolute atomic E-state index is 10.4. The molecule has 0 aromatic heterocycles. The molecular formula is C26H35NO3Si2. The summed E-state index contributed by atoms with van der Waals surface area (Å²) in [6.45, 7) is 13.2. The zero-order chi connectivity index (χ0) is 23.4. The molecule has 3 rings (SSSR count). The van der Waals surface area contributed by atoms with E-state index in [4.69, 9.17) is 9.26 Å². The van der Waals surface area contributed by atoms with Crippen molar-refractivity contribution < 1.29 is 14.4 Å². The van der Waals surface area contributed by atoms with Crippen molar-refractivity contribution in [1.29, 1.82) is 0 Å². The smallest absolute Gasteiger partial charge is 0.261 e. The van der Waals surface area contributed by atoms with Crippen molar-refractivity contribution >= 4 is 32.5 Å². The maximum atomic E-state index is 10.4. The second kappa shape index (κ2) is 9.76. The lowest BCUT2D eigenvalue weighted by Gasteiger charge is -2.45. The molecule has 0 radical (unpaired) electrons. The lowest BCUT2D eigenvalue weighted by Crippen LogP contribution is -2.68.